The Morgan fingerprint density at radius 1 is 1.32 bits per heavy atom. The van der Waals surface area contributed by atoms with Crippen molar-refractivity contribution in [3.8, 4) is 0 Å². The molecule has 0 radical (unpaired) electrons. The van der Waals surface area contributed by atoms with Gasteiger partial charge in [-0.2, -0.15) is 5.10 Å². The summed E-state index contributed by atoms with van der Waals surface area (Å²) in [6, 6.07) is 0. The van der Waals surface area contributed by atoms with Crippen molar-refractivity contribution in [1.82, 2.24) is 15.2 Å². The molecule has 0 unspecified atom stereocenters. The summed E-state index contributed by atoms with van der Waals surface area (Å²) in [5, 5.41) is 5.94. The maximum atomic E-state index is 11.9. The van der Waals surface area contributed by atoms with E-state index in [1.807, 2.05) is 0 Å². The summed E-state index contributed by atoms with van der Waals surface area (Å²) in [4.78, 5) is 27.3. The van der Waals surface area contributed by atoms with Crippen LogP contribution in [0.3, 0.4) is 0 Å². The zero-order chi connectivity index (χ0) is 13.7. The molecule has 0 spiro atoms. The summed E-state index contributed by atoms with van der Waals surface area (Å²) in [6.07, 6.45) is 7.34. The third-order valence-corrected chi connectivity index (χ3v) is 2.87. The number of furan rings is 1. The molecule has 0 bridgehead atoms. The SMILES string of the molecule is CCCCc1cocc1CC(=O)C(=O)c1ncn[nH]1. The molecule has 6 nitrogen and oxygen atoms in total. The molecule has 0 aliphatic carbocycles. The smallest absolute Gasteiger partial charge is 0.265 e. The van der Waals surface area contributed by atoms with Crippen LogP contribution in [0, 0.1) is 0 Å². The lowest BCUT2D eigenvalue weighted by molar-refractivity contribution is -0.114. The van der Waals surface area contributed by atoms with Gasteiger partial charge in [-0.15, -0.1) is 0 Å². The lowest BCUT2D eigenvalue weighted by Gasteiger charge is -2.00. The van der Waals surface area contributed by atoms with E-state index in [-0.39, 0.29) is 12.2 Å². The van der Waals surface area contributed by atoms with Gasteiger partial charge in [-0.3, -0.25) is 14.7 Å². The van der Waals surface area contributed by atoms with Crippen molar-refractivity contribution in [2.75, 3.05) is 0 Å². The number of aryl methyl sites for hydroxylation is 1. The Bertz CT molecular complexity index is 557. The number of carbonyl (C=O) groups is 2. The molecular weight excluding hydrogens is 246 g/mol. The van der Waals surface area contributed by atoms with Crippen LogP contribution in [0.2, 0.25) is 0 Å². The second-order valence-electron chi connectivity index (χ2n) is 4.29. The minimum atomic E-state index is -0.653. The van der Waals surface area contributed by atoms with Crippen LogP contribution in [0.4, 0.5) is 0 Å². The number of aromatic amines is 1. The normalized spacial score (nSPS) is 10.6. The van der Waals surface area contributed by atoms with E-state index in [4.69, 9.17) is 4.42 Å². The van der Waals surface area contributed by atoms with E-state index in [1.165, 1.54) is 12.6 Å². The number of hydrogen-bond acceptors (Lipinski definition) is 5. The van der Waals surface area contributed by atoms with Crippen LogP contribution in [0.15, 0.2) is 23.3 Å². The minimum absolute atomic E-state index is 0.0244. The van der Waals surface area contributed by atoms with Crippen LogP contribution < -0.4 is 0 Å². The largest absolute Gasteiger partial charge is 0.472 e. The van der Waals surface area contributed by atoms with Gasteiger partial charge in [-0.05, 0) is 18.4 Å². The number of carbonyl (C=O) groups excluding carboxylic acids is 2. The number of ketones is 2. The number of rotatable bonds is 7. The predicted octanol–water partition coefficient (Wildman–Crippen LogP) is 1.73. The first-order valence-electron chi connectivity index (χ1n) is 6.19. The molecule has 0 fully saturated rings. The first kappa shape index (κ1) is 13.2. The van der Waals surface area contributed by atoms with Crippen molar-refractivity contribution in [3.05, 3.63) is 35.8 Å². The lowest BCUT2D eigenvalue weighted by Crippen LogP contribution is -2.18. The van der Waals surface area contributed by atoms with Gasteiger partial charge in [-0.1, -0.05) is 13.3 Å². The van der Waals surface area contributed by atoms with Crippen LogP contribution >= 0.6 is 0 Å². The highest BCUT2D eigenvalue weighted by molar-refractivity contribution is 6.43. The highest BCUT2D eigenvalue weighted by atomic mass is 16.3. The van der Waals surface area contributed by atoms with E-state index in [1.54, 1.807) is 6.26 Å². The van der Waals surface area contributed by atoms with Crippen molar-refractivity contribution in [2.45, 2.75) is 32.6 Å². The van der Waals surface area contributed by atoms with Gasteiger partial charge in [0.2, 0.25) is 5.78 Å². The molecule has 2 rings (SSSR count). The molecule has 2 aromatic rings. The van der Waals surface area contributed by atoms with E-state index in [0.29, 0.717) is 0 Å². The Labute approximate surface area is 110 Å². The van der Waals surface area contributed by atoms with Crippen LogP contribution in [0.5, 0.6) is 0 Å². The average Bonchev–Trinajstić information content (AvgIpc) is 3.07. The van der Waals surface area contributed by atoms with E-state index >= 15 is 0 Å². The molecule has 0 saturated carbocycles. The highest BCUT2D eigenvalue weighted by Crippen LogP contribution is 2.15. The summed E-state index contributed by atoms with van der Waals surface area (Å²) in [7, 11) is 0. The first-order valence-corrected chi connectivity index (χ1v) is 6.19. The quantitative estimate of drug-likeness (QED) is 0.605. The molecule has 0 atom stereocenters. The second-order valence-corrected chi connectivity index (χ2v) is 4.29. The van der Waals surface area contributed by atoms with E-state index in [0.717, 1.165) is 30.4 Å². The van der Waals surface area contributed by atoms with Crippen LogP contribution in [-0.2, 0) is 17.6 Å². The fourth-order valence-electron chi connectivity index (χ4n) is 1.79. The first-order chi connectivity index (χ1) is 9.22. The Morgan fingerprint density at radius 3 is 2.79 bits per heavy atom. The fourth-order valence-corrected chi connectivity index (χ4v) is 1.79. The van der Waals surface area contributed by atoms with Gasteiger partial charge >= 0.3 is 0 Å². The Kier molecular flexibility index (Phi) is 4.22. The Hall–Kier alpha value is -2.24. The molecule has 2 aromatic heterocycles. The molecule has 6 heteroatoms. The summed E-state index contributed by atoms with van der Waals surface area (Å²) in [6.45, 7) is 2.10. The van der Waals surface area contributed by atoms with Crippen molar-refractivity contribution in [2.24, 2.45) is 0 Å². The number of hydrogen-bond donors (Lipinski definition) is 1. The molecule has 0 saturated heterocycles. The topological polar surface area (TPSA) is 88.8 Å². The third kappa shape index (κ3) is 3.15. The number of H-pyrrole nitrogens is 1. The van der Waals surface area contributed by atoms with Crippen molar-refractivity contribution in [1.29, 1.82) is 0 Å². The van der Waals surface area contributed by atoms with Gasteiger partial charge in [0.1, 0.15) is 6.33 Å². The zero-order valence-corrected chi connectivity index (χ0v) is 10.7. The Morgan fingerprint density at radius 2 is 2.11 bits per heavy atom. The van der Waals surface area contributed by atoms with Crippen molar-refractivity contribution >= 4 is 11.6 Å². The van der Waals surface area contributed by atoms with Crippen LogP contribution in [-0.4, -0.2) is 26.7 Å². The molecule has 0 aliphatic heterocycles. The lowest BCUT2D eigenvalue weighted by atomic mass is 10.0. The Balaban J connectivity index is 2.03. The molecule has 100 valence electrons. The number of nitrogens with one attached hydrogen (secondary N) is 1. The van der Waals surface area contributed by atoms with Crippen LogP contribution in [0.25, 0.3) is 0 Å². The molecule has 0 aliphatic rings. The summed E-state index contributed by atoms with van der Waals surface area (Å²) in [5.41, 5.74) is 1.76. The molecule has 2 heterocycles. The number of nitrogens with zero attached hydrogens (tertiary/aromatic N) is 2. The fraction of sp³-hybridized carbons (Fsp3) is 0.385. The summed E-state index contributed by atoms with van der Waals surface area (Å²) in [5.74, 6) is -1.19. The van der Waals surface area contributed by atoms with Gasteiger partial charge in [0, 0.05) is 12.0 Å². The van der Waals surface area contributed by atoms with E-state index in [2.05, 4.69) is 22.1 Å². The van der Waals surface area contributed by atoms with Gasteiger partial charge in [-0.25, -0.2) is 4.98 Å². The molecule has 19 heavy (non-hydrogen) atoms. The molecular formula is C13H15N3O3. The molecule has 0 aromatic carbocycles. The molecule has 0 amide bonds. The van der Waals surface area contributed by atoms with E-state index in [9.17, 15) is 9.59 Å². The highest BCUT2D eigenvalue weighted by Gasteiger charge is 2.21. The summed E-state index contributed by atoms with van der Waals surface area (Å²) >= 11 is 0. The average molecular weight is 261 g/mol. The van der Waals surface area contributed by atoms with E-state index < -0.39 is 11.6 Å². The molecule has 1 N–H and O–H groups in total. The maximum absolute atomic E-state index is 11.9. The summed E-state index contributed by atoms with van der Waals surface area (Å²) < 4.78 is 5.11. The van der Waals surface area contributed by atoms with Gasteiger partial charge in [0.25, 0.3) is 5.78 Å². The van der Waals surface area contributed by atoms with Gasteiger partial charge < -0.3 is 4.42 Å². The predicted molar refractivity (Wildman–Crippen MR) is 66.7 cm³/mol. The van der Waals surface area contributed by atoms with Crippen molar-refractivity contribution in [3.63, 3.8) is 0 Å². The van der Waals surface area contributed by atoms with Crippen LogP contribution in [0.1, 0.15) is 41.5 Å². The number of aromatic nitrogens is 3. The standard InChI is InChI=1S/C13H15N3O3/c1-2-3-4-9-6-19-7-10(9)5-11(17)12(18)13-14-8-15-16-13/h6-8H,2-5H2,1H3,(H,14,15,16). The number of Topliss-reactive ketones (excluding diaryl/α,β-unsaturated/α-hetero) is 2. The number of unbranched alkanes of at least 4 members (excludes halogenated alkanes) is 1. The zero-order valence-electron chi connectivity index (χ0n) is 10.7. The maximum Gasteiger partial charge on any atom is 0.265 e. The second kappa shape index (κ2) is 6.08. The van der Waals surface area contributed by atoms with Gasteiger partial charge in [0.05, 0.1) is 12.5 Å². The minimum Gasteiger partial charge on any atom is -0.472 e. The van der Waals surface area contributed by atoms with Gasteiger partial charge in [0.15, 0.2) is 5.82 Å². The monoisotopic (exact) mass is 261 g/mol. The van der Waals surface area contributed by atoms with Crippen molar-refractivity contribution < 1.29 is 14.0 Å². The third-order valence-electron chi connectivity index (χ3n) is 2.87.